The summed E-state index contributed by atoms with van der Waals surface area (Å²) in [4.78, 5) is 35.1. The summed E-state index contributed by atoms with van der Waals surface area (Å²) in [5.41, 5.74) is 2.40. The fraction of sp³-hybridized carbons (Fsp3) is 0.167. The Kier molecular flexibility index (Phi) is 8.24. The summed E-state index contributed by atoms with van der Waals surface area (Å²) < 4.78 is 0. The van der Waals surface area contributed by atoms with Crippen molar-refractivity contribution < 1.29 is 9.59 Å². The maximum atomic E-state index is 12.2. The quantitative estimate of drug-likeness (QED) is 0.321. The number of rotatable bonds is 10. The lowest BCUT2D eigenvalue weighted by atomic mass is 10.1. The first-order valence-electron chi connectivity index (χ1n) is 10.3. The Bertz CT molecular complexity index is 1100. The number of thiazole rings is 2. The molecule has 0 radical (unpaired) electrons. The predicted molar refractivity (Wildman–Crippen MR) is 137 cm³/mol. The molecule has 33 heavy (non-hydrogen) atoms. The van der Waals surface area contributed by atoms with Crippen LogP contribution in [-0.4, -0.2) is 33.3 Å². The van der Waals surface area contributed by atoms with Crippen LogP contribution in [0.15, 0.2) is 73.1 Å². The molecule has 0 spiro atoms. The molecule has 4 aromatic rings. The van der Waals surface area contributed by atoms with E-state index in [1.165, 1.54) is 45.6 Å². The van der Waals surface area contributed by atoms with Gasteiger partial charge in [-0.2, -0.15) is 0 Å². The fourth-order valence-corrected chi connectivity index (χ4v) is 5.38. The molecule has 2 aromatic heterocycles. The standard InChI is InChI=1S/C24H22N4O2S3/c29-21(27-23-25-13-19(32-23)11-17-7-3-1-4-8-17)15-31-16-22(30)28-24-26-14-20(33-24)12-18-9-5-2-6-10-18/h1-10,13-14H,11-12,15-16H2,(H,25,27,29)(H,26,28,30). The van der Waals surface area contributed by atoms with Gasteiger partial charge >= 0.3 is 0 Å². The maximum absolute atomic E-state index is 12.2. The molecule has 0 aliphatic carbocycles. The highest BCUT2D eigenvalue weighted by Crippen LogP contribution is 2.22. The number of aromatic nitrogens is 2. The van der Waals surface area contributed by atoms with Crippen LogP contribution in [-0.2, 0) is 22.4 Å². The van der Waals surface area contributed by atoms with Gasteiger partial charge in [0.05, 0.1) is 11.5 Å². The average molecular weight is 495 g/mol. The Morgan fingerprint density at radius 2 is 1.12 bits per heavy atom. The molecule has 0 unspecified atom stereocenters. The van der Waals surface area contributed by atoms with E-state index in [0.717, 1.165) is 22.6 Å². The van der Waals surface area contributed by atoms with E-state index in [9.17, 15) is 9.59 Å². The Morgan fingerprint density at radius 1 is 0.697 bits per heavy atom. The second-order valence-electron chi connectivity index (χ2n) is 7.18. The summed E-state index contributed by atoms with van der Waals surface area (Å²) in [6, 6.07) is 20.3. The number of benzene rings is 2. The van der Waals surface area contributed by atoms with Gasteiger partial charge in [-0.15, -0.1) is 34.4 Å². The summed E-state index contributed by atoms with van der Waals surface area (Å²) in [5, 5.41) is 6.75. The first-order chi connectivity index (χ1) is 16.1. The number of nitrogens with one attached hydrogen (secondary N) is 2. The largest absolute Gasteiger partial charge is 0.301 e. The monoisotopic (exact) mass is 494 g/mol. The lowest BCUT2D eigenvalue weighted by molar-refractivity contribution is -0.114. The van der Waals surface area contributed by atoms with Crippen LogP contribution in [0.2, 0.25) is 0 Å². The molecule has 2 aromatic carbocycles. The third kappa shape index (κ3) is 7.52. The van der Waals surface area contributed by atoms with Crippen LogP contribution in [0.5, 0.6) is 0 Å². The molecule has 0 fully saturated rings. The van der Waals surface area contributed by atoms with Crippen molar-refractivity contribution in [3.63, 3.8) is 0 Å². The van der Waals surface area contributed by atoms with Crippen LogP contribution in [0.3, 0.4) is 0 Å². The van der Waals surface area contributed by atoms with Gasteiger partial charge in [0, 0.05) is 35.0 Å². The summed E-state index contributed by atoms with van der Waals surface area (Å²) in [7, 11) is 0. The van der Waals surface area contributed by atoms with Crippen LogP contribution >= 0.6 is 34.4 Å². The zero-order valence-electron chi connectivity index (χ0n) is 17.7. The molecular weight excluding hydrogens is 472 g/mol. The van der Waals surface area contributed by atoms with Crippen molar-refractivity contribution in [2.24, 2.45) is 0 Å². The van der Waals surface area contributed by atoms with Crippen molar-refractivity contribution in [1.82, 2.24) is 9.97 Å². The Morgan fingerprint density at radius 3 is 1.55 bits per heavy atom. The van der Waals surface area contributed by atoms with E-state index in [2.05, 4.69) is 44.9 Å². The molecule has 2 heterocycles. The van der Waals surface area contributed by atoms with Crippen LogP contribution < -0.4 is 10.6 Å². The molecule has 2 N–H and O–H groups in total. The number of thioether (sulfide) groups is 1. The molecule has 168 valence electrons. The Hall–Kier alpha value is -3.01. The molecule has 9 heteroatoms. The SMILES string of the molecule is O=C(CSCC(=O)Nc1ncc(Cc2ccccc2)s1)Nc1ncc(Cc2ccccc2)s1. The van der Waals surface area contributed by atoms with E-state index >= 15 is 0 Å². The zero-order chi connectivity index (χ0) is 22.9. The summed E-state index contributed by atoms with van der Waals surface area (Å²) in [5.74, 6) is 0.0108. The van der Waals surface area contributed by atoms with Crippen molar-refractivity contribution in [3.05, 3.63) is 93.9 Å². The van der Waals surface area contributed by atoms with Gasteiger partial charge in [-0.25, -0.2) is 9.97 Å². The molecule has 0 aliphatic rings. The van der Waals surface area contributed by atoms with Crippen molar-refractivity contribution in [2.75, 3.05) is 22.1 Å². The summed E-state index contributed by atoms with van der Waals surface area (Å²) in [6.45, 7) is 0. The number of carbonyl (C=O) groups excluding carboxylic acids is 2. The molecule has 6 nitrogen and oxygen atoms in total. The van der Waals surface area contributed by atoms with Gasteiger partial charge in [-0.1, -0.05) is 60.7 Å². The van der Waals surface area contributed by atoms with Gasteiger partial charge in [0.15, 0.2) is 10.3 Å². The van der Waals surface area contributed by atoms with Crippen molar-refractivity contribution in [1.29, 1.82) is 0 Å². The molecule has 4 rings (SSSR count). The van der Waals surface area contributed by atoms with E-state index in [4.69, 9.17) is 0 Å². The highest BCUT2D eigenvalue weighted by molar-refractivity contribution is 8.00. The number of hydrogen-bond acceptors (Lipinski definition) is 7. The lowest BCUT2D eigenvalue weighted by Crippen LogP contribution is -2.18. The van der Waals surface area contributed by atoms with Gasteiger partial charge < -0.3 is 10.6 Å². The third-order valence-corrected chi connectivity index (χ3v) is 7.27. The number of nitrogens with zero attached hydrogens (tertiary/aromatic N) is 2. The Labute approximate surface area is 204 Å². The van der Waals surface area contributed by atoms with Crippen molar-refractivity contribution in [2.45, 2.75) is 12.8 Å². The first kappa shape index (κ1) is 23.2. The van der Waals surface area contributed by atoms with Crippen molar-refractivity contribution >= 4 is 56.5 Å². The molecule has 0 saturated carbocycles. The fourth-order valence-electron chi connectivity index (χ4n) is 3.04. The average Bonchev–Trinajstić information content (AvgIpc) is 3.44. The topological polar surface area (TPSA) is 84.0 Å². The second kappa shape index (κ2) is 11.7. The minimum atomic E-state index is -0.173. The molecule has 0 saturated heterocycles. The van der Waals surface area contributed by atoms with E-state index in [1.54, 1.807) is 12.4 Å². The third-order valence-electron chi connectivity index (χ3n) is 4.51. The van der Waals surface area contributed by atoms with Crippen LogP contribution in [0.25, 0.3) is 0 Å². The minimum Gasteiger partial charge on any atom is -0.301 e. The number of hydrogen-bond donors (Lipinski definition) is 2. The molecule has 0 aliphatic heterocycles. The summed E-state index contributed by atoms with van der Waals surface area (Å²) >= 11 is 4.18. The summed E-state index contributed by atoms with van der Waals surface area (Å²) in [6.07, 6.45) is 5.14. The zero-order valence-corrected chi connectivity index (χ0v) is 20.1. The highest BCUT2D eigenvalue weighted by Gasteiger charge is 2.11. The maximum Gasteiger partial charge on any atom is 0.236 e. The first-order valence-corrected chi connectivity index (χ1v) is 13.1. The van der Waals surface area contributed by atoms with Crippen LogP contribution in [0, 0.1) is 0 Å². The normalized spacial score (nSPS) is 10.7. The minimum absolute atomic E-state index is 0.173. The lowest BCUT2D eigenvalue weighted by Gasteiger charge is -2.03. The van der Waals surface area contributed by atoms with Crippen molar-refractivity contribution in [3.8, 4) is 0 Å². The van der Waals surface area contributed by atoms with Crippen LogP contribution in [0.1, 0.15) is 20.9 Å². The van der Waals surface area contributed by atoms with E-state index in [-0.39, 0.29) is 23.3 Å². The van der Waals surface area contributed by atoms with Gasteiger partial charge in [0.25, 0.3) is 0 Å². The molecular formula is C24H22N4O2S3. The van der Waals surface area contributed by atoms with E-state index < -0.39 is 0 Å². The van der Waals surface area contributed by atoms with Gasteiger partial charge in [0.2, 0.25) is 11.8 Å². The second-order valence-corrected chi connectivity index (χ2v) is 10.4. The Balaban J connectivity index is 1.16. The van der Waals surface area contributed by atoms with Gasteiger partial charge in [0.1, 0.15) is 0 Å². The molecule has 0 bridgehead atoms. The molecule has 0 atom stereocenters. The highest BCUT2D eigenvalue weighted by atomic mass is 32.2. The number of anilines is 2. The van der Waals surface area contributed by atoms with Gasteiger partial charge in [-0.05, 0) is 11.1 Å². The smallest absolute Gasteiger partial charge is 0.236 e. The van der Waals surface area contributed by atoms with E-state index in [0.29, 0.717) is 10.3 Å². The van der Waals surface area contributed by atoms with Crippen LogP contribution in [0.4, 0.5) is 10.3 Å². The number of carbonyl (C=O) groups is 2. The van der Waals surface area contributed by atoms with E-state index in [1.807, 2.05) is 36.4 Å². The number of amides is 2. The van der Waals surface area contributed by atoms with Gasteiger partial charge in [-0.3, -0.25) is 9.59 Å². The predicted octanol–water partition coefficient (Wildman–Crippen LogP) is 5.09. The molecule has 2 amide bonds.